The predicted octanol–water partition coefficient (Wildman–Crippen LogP) is 2.52. The van der Waals surface area contributed by atoms with E-state index in [0.29, 0.717) is 0 Å². The zero-order valence-electron chi connectivity index (χ0n) is 7.88. The lowest BCUT2D eigenvalue weighted by atomic mass is 10.1. The standard InChI is InChI=1S/C10H5F3N2O/c11-10(12,13)16-9-5-7(6-15)1-2-8(9)3-4-14/h1-2,5H,3H2. The number of nitriles is 2. The lowest BCUT2D eigenvalue weighted by Crippen LogP contribution is -2.18. The molecule has 0 N–H and O–H groups in total. The predicted molar refractivity (Wildman–Crippen MR) is 47.2 cm³/mol. The van der Waals surface area contributed by atoms with Crippen molar-refractivity contribution < 1.29 is 17.9 Å². The van der Waals surface area contributed by atoms with Gasteiger partial charge < -0.3 is 4.74 Å². The molecular formula is C10H5F3N2O. The van der Waals surface area contributed by atoms with Crippen molar-refractivity contribution in [2.24, 2.45) is 0 Å². The van der Waals surface area contributed by atoms with E-state index in [1.165, 1.54) is 12.1 Å². The summed E-state index contributed by atoms with van der Waals surface area (Å²) in [6.07, 6.45) is -5.05. The summed E-state index contributed by atoms with van der Waals surface area (Å²) >= 11 is 0. The van der Waals surface area contributed by atoms with Crippen LogP contribution in [0.1, 0.15) is 11.1 Å². The van der Waals surface area contributed by atoms with Crippen LogP contribution in [-0.2, 0) is 6.42 Å². The van der Waals surface area contributed by atoms with Gasteiger partial charge in [0.05, 0.1) is 24.1 Å². The molecule has 0 amide bonds. The second-order valence-corrected chi connectivity index (χ2v) is 2.82. The largest absolute Gasteiger partial charge is 0.573 e. The van der Waals surface area contributed by atoms with Gasteiger partial charge in [-0.05, 0) is 12.1 Å². The second-order valence-electron chi connectivity index (χ2n) is 2.82. The molecule has 1 aromatic rings. The first-order chi connectivity index (χ1) is 7.46. The van der Waals surface area contributed by atoms with Gasteiger partial charge in [0.25, 0.3) is 0 Å². The van der Waals surface area contributed by atoms with Crippen molar-refractivity contribution in [1.29, 1.82) is 10.5 Å². The molecular weight excluding hydrogens is 221 g/mol. The minimum atomic E-state index is -4.84. The highest BCUT2D eigenvalue weighted by atomic mass is 19.4. The first kappa shape index (κ1) is 11.9. The summed E-state index contributed by atoms with van der Waals surface area (Å²) in [5, 5.41) is 16.9. The first-order valence-corrected chi connectivity index (χ1v) is 4.12. The lowest BCUT2D eigenvalue weighted by Gasteiger charge is -2.11. The summed E-state index contributed by atoms with van der Waals surface area (Å²) in [6.45, 7) is 0. The highest BCUT2D eigenvalue weighted by molar-refractivity contribution is 5.43. The molecule has 0 atom stereocenters. The number of rotatable bonds is 2. The topological polar surface area (TPSA) is 56.8 Å². The van der Waals surface area contributed by atoms with Crippen LogP contribution in [0.15, 0.2) is 18.2 Å². The van der Waals surface area contributed by atoms with E-state index in [2.05, 4.69) is 4.74 Å². The Morgan fingerprint density at radius 3 is 2.44 bits per heavy atom. The maximum absolute atomic E-state index is 12.0. The van der Waals surface area contributed by atoms with Crippen LogP contribution in [0, 0.1) is 22.7 Å². The molecule has 0 aromatic heterocycles. The van der Waals surface area contributed by atoms with E-state index in [1.807, 2.05) is 0 Å². The Morgan fingerprint density at radius 1 is 1.25 bits per heavy atom. The number of nitrogens with zero attached hydrogens (tertiary/aromatic N) is 2. The lowest BCUT2D eigenvalue weighted by molar-refractivity contribution is -0.274. The van der Waals surface area contributed by atoms with E-state index in [4.69, 9.17) is 10.5 Å². The number of benzene rings is 1. The average Bonchev–Trinajstić information content (AvgIpc) is 2.18. The normalized spacial score (nSPS) is 10.3. The summed E-state index contributed by atoms with van der Waals surface area (Å²) in [4.78, 5) is 0. The van der Waals surface area contributed by atoms with E-state index in [9.17, 15) is 13.2 Å². The van der Waals surface area contributed by atoms with E-state index in [-0.39, 0.29) is 17.5 Å². The molecule has 0 aliphatic heterocycles. The van der Waals surface area contributed by atoms with Crippen molar-refractivity contribution in [3.8, 4) is 17.9 Å². The Labute approximate surface area is 89.3 Å². The zero-order chi connectivity index (χ0) is 12.2. The van der Waals surface area contributed by atoms with Crippen molar-refractivity contribution in [3.05, 3.63) is 29.3 Å². The van der Waals surface area contributed by atoms with Crippen molar-refractivity contribution in [3.63, 3.8) is 0 Å². The van der Waals surface area contributed by atoms with Gasteiger partial charge in [-0.2, -0.15) is 10.5 Å². The van der Waals surface area contributed by atoms with Gasteiger partial charge in [0.2, 0.25) is 0 Å². The molecule has 0 saturated heterocycles. The molecule has 0 aliphatic rings. The fraction of sp³-hybridized carbons (Fsp3) is 0.200. The third-order valence-electron chi connectivity index (χ3n) is 1.69. The van der Waals surface area contributed by atoms with Crippen molar-refractivity contribution in [2.75, 3.05) is 0 Å². The van der Waals surface area contributed by atoms with Gasteiger partial charge in [0, 0.05) is 5.56 Å². The maximum Gasteiger partial charge on any atom is 0.573 e. The fourth-order valence-electron chi connectivity index (χ4n) is 1.07. The van der Waals surface area contributed by atoms with Gasteiger partial charge in [-0.15, -0.1) is 13.2 Å². The summed E-state index contributed by atoms with van der Waals surface area (Å²) < 4.78 is 39.8. The Hall–Kier alpha value is -2.21. The molecule has 0 radical (unpaired) electrons. The molecule has 0 unspecified atom stereocenters. The Balaban J connectivity index is 3.12. The van der Waals surface area contributed by atoms with Gasteiger partial charge in [0.15, 0.2) is 0 Å². The minimum absolute atomic E-state index is 0.0425. The maximum atomic E-state index is 12.0. The van der Waals surface area contributed by atoms with Gasteiger partial charge in [0.1, 0.15) is 5.75 Å². The van der Waals surface area contributed by atoms with Crippen LogP contribution in [0.3, 0.4) is 0 Å². The molecule has 0 spiro atoms. The van der Waals surface area contributed by atoms with Crippen molar-refractivity contribution in [1.82, 2.24) is 0 Å². The molecule has 3 nitrogen and oxygen atoms in total. The molecule has 0 bridgehead atoms. The molecule has 0 fully saturated rings. The monoisotopic (exact) mass is 226 g/mol. The Bertz CT molecular complexity index is 468. The van der Waals surface area contributed by atoms with E-state index in [1.54, 1.807) is 12.1 Å². The number of hydrogen-bond acceptors (Lipinski definition) is 3. The minimum Gasteiger partial charge on any atom is -0.405 e. The summed E-state index contributed by atoms with van der Waals surface area (Å²) in [5.74, 6) is -0.506. The molecule has 16 heavy (non-hydrogen) atoms. The Morgan fingerprint density at radius 2 is 1.94 bits per heavy atom. The molecule has 0 aliphatic carbocycles. The van der Waals surface area contributed by atoms with Crippen LogP contribution in [-0.4, -0.2) is 6.36 Å². The third kappa shape index (κ3) is 3.18. The molecule has 0 heterocycles. The molecule has 82 valence electrons. The molecule has 0 saturated carbocycles. The van der Waals surface area contributed by atoms with Gasteiger partial charge in [-0.1, -0.05) is 6.07 Å². The number of hydrogen-bond donors (Lipinski definition) is 0. The second kappa shape index (κ2) is 4.54. The van der Waals surface area contributed by atoms with Crippen molar-refractivity contribution in [2.45, 2.75) is 12.8 Å². The zero-order valence-corrected chi connectivity index (χ0v) is 7.88. The average molecular weight is 226 g/mol. The smallest absolute Gasteiger partial charge is 0.405 e. The van der Waals surface area contributed by atoms with Crippen LogP contribution < -0.4 is 4.74 Å². The Kier molecular flexibility index (Phi) is 3.37. The fourth-order valence-corrected chi connectivity index (χ4v) is 1.07. The molecule has 1 rings (SSSR count). The number of halogens is 3. The number of ether oxygens (including phenoxy) is 1. The highest BCUT2D eigenvalue weighted by Gasteiger charge is 2.32. The quantitative estimate of drug-likeness (QED) is 0.778. The van der Waals surface area contributed by atoms with Crippen LogP contribution in [0.25, 0.3) is 0 Å². The van der Waals surface area contributed by atoms with Gasteiger partial charge >= 0.3 is 6.36 Å². The summed E-state index contributed by atoms with van der Waals surface area (Å²) in [5.41, 5.74) is 0.139. The van der Waals surface area contributed by atoms with E-state index >= 15 is 0 Å². The summed E-state index contributed by atoms with van der Waals surface area (Å²) in [6, 6.07) is 6.96. The first-order valence-electron chi connectivity index (χ1n) is 4.12. The van der Waals surface area contributed by atoms with Crippen molar-refractivity contribution >= 4 is 0 Å². The van der Waals surface area contributed by atoms with E-state index in [0.717, 1.165) is 6.07 Å². The van der Waals surface area contributed by atoms with Gasteiger partial charge in [-0.25, -0.2) is 0 Å². The van der Waals surface area contributed by atoms with Crippen LogP contribution in [0.5, 0.6) is 5.75 Å². The van der Waals surface area contributed by atoms with Crippen LogP contribution in [0.4, 0.5) is 13.2 Å². The number of alkyl halides is 3. The highest BCUT2D eigenvalue weighted by Crippen LogP contribution is 2.27. The van der Waals surface area contributed by atoms with Crippen LogP contribution >= 0.6 is 0 Å². The molecule has 6 heteroatoms. The summed E-state index contributed by atoms with van der Waals surface area (Å²) in [7, 11) is 0. The third-order valence-corrected chi connectivity index (χ3v) is 1.69. The van der Waals surface area contributed by atoms with E-state index < -0.39 is 12.1 Å². The SMILES string of the molecule is N#CCc1ccc(C#N)cc1OC(F)(F)F. The molecule has 1 aromatic carbocycles. The van der Waals surface area contributed by atoms with Crippen LogP contribution in [0.2, 0.25) is 0 Å². The van der Waals surface area contributed by atoms with Gasteiger partial charge in [-0.3, -0.25) is 0 Å².